The van der Waals surface area contributed by atoms with Gasteiger partial charge >= 0.3 is 0 Å². The molecule has 1 aromatic carbocycles. The van der Waals surface area contributed by atoms with Crippen LogP contribution in [0.25, 0.3) is 0 Å². The quantitative estimate of drug-likeness (QED) is 0.800. The van der Waals surface area contributed by atoms with E-state index >= 15 is 0 Å². The van der Waals surface area contributed by atoms with Crippen molar-refractivity contribution in [3.05, 3.63) is 29.8 Å². The molecule has 0 bridgehead atoms. The van der Waals surface area contributed by atoms with E-state index in [-0.39, 0.29) is 6.61 Å². The number of rotatable bonds is 5. The number of aliphatic hydroxyl groups is 1. The van der Waals surface area contributed by atoms with Crippen LogP contribution in [-0.2, 0) is 0 Å². The lowest BCUT2D eigenvalue weighted by atomic mass is 9.99. The summed E-state index contributed by atoms with van der Waals surface area (Å²) in [4.78, 5) is 0. The predicted octanol–water partition coefficient (Wildman–Crippen LogP) is 2.67. The lowest BCUT2D eigenvalue weighted by molar-refractivity contribution is 0.233. The van der Waals surface area contributed by atoms with E-state index in [1.165, 1.54) is 23.5 Å². The molecule has 1 atom stereocenters. The van der Waals surface area contributed by atoms with Crippen LogP contribution in [0.15, 0.2) is 24.3 Å². The molecule has 1 fully saturated rings. The molecule has 88 valence electrons. The van der Waals surface area contributed by atoms with Gasteiger partial charge in [-0.2, -0.15) is 11.8 Å². The Kier molecular flexibility index (Phi) is 4.55. The monoisotopic (exact) mass is 238 g/mol. The average molecular weight is 238 g/mol. The first kappa shape index (κ1) is 11.8. The molecule has 0 saturated carbocycles. The molecule has 1 aliphatic heterocycles. The SMILES string of the molecule is OCCCOc1ccc(C2CCSC2)cc1. The minimum absolute atomic E-state index is 0.192. The van der Waals surface area contributed by atoms with Crippen LogP contribution in [-0.4, -0.2) is 29.8 Å². The van der Waals surface area contributed by atoms with Crippen molar-refractivity contribution in [1.82, 2.24) is 0 Å². The summed E-state index contributed by atoms with van der Waals surface area (Å²) in [5, 5.41) is 8.65. The fourth-order valence-corrected chi connectivity index (χ4v) is 3.15. The highest BCUT2D eigenvalue weighted by Crippen LogP contribution is 2.32. The Labute approximate surface area is 101 Å². The topological polar surface area (TPSA) is 29.5 Å². The van der Waals surface area contributed by atoms with E-state index in [1.807, 2.05) is 23.9 Å². The van der Waals surface area contributed by atoms with E-state index in [2.05, 4.69) is 12.1 Å². The number of ether oxygens (including phenoxy) is 1. The fraction of sp³-hybridized carbons (Fsp3) is 0.538. The normalized spacial score (nSPS) is 19.9. The molecule has 2 nitrogen and oxygen atoms in total. The van der Waals surface area contributed by atoms with Crippen molar-refractivity contribution in [3.63, 3.8) is 0 Å². The second-order valence-corrected chi connectivity index (χ2v) is 5.21. The van der Waals surface area contributed by atoms with E-state index in [0.717, 1.165) is 11.7 Å². The Balaban J connectivity index is 1.88. The molecule has 0 radical (unpaired) electrons. The van der Waals surface area contributed by atoms with Gasteiger partial charge in [0, 0.05) is 18.8 Å². The minimum atomic E-state index is 0.192. The molecule has 0 aliphatic carbocycles. The number of aliphatic hydroxyl groups excluding tert-OH is 1. The van der Waals surface area contributed by atoms with Crippen molar-refractivity contribution in [3.8, 4) is 5.75 Å². The Morgan fingerprint density at radius 1 is 1.31 bits per heavy atom. The molecule has 1 aromatic rings. The number of thioether (sulfide) groups is 1. The van der Waals surface area contributed by atoms with Crippen molar-refractivity contribution < 1.29 is 9.84 Å². The molecule has 2 rings (SSSR count). The molecule has 1 unspecified atom stereocenters. The molecule has 1 aliphatic rings. The largest absolute Gasteiger partial charge is 0.494 e. The lowest BCUT2D eigenvalue weighted by Crippen LogP contribution is -2.00. The average Bonchev–Trinajstić information content (AvgIpc) is 2.84. The number of hydrogen-bond acceptors (Lipinski definition) is 3. The smallest absolute Gasteiger partial charge is 0.119 e. The van der Waals surface area contributed by atoms with Crippen LogP contribution in [0.5, 0.6) is 5.75 Å². The molecule has 0 aromatic heterocycles. The van der Waals surface area contributed by atoms with Crippen molar-refractivity contribution in [2.75, 3.05) is 24.7 Å². The van der Waals surface area contributed by atoms with E-state index in [4.69, 9.17) is 9.84 Å². The maximum absolute atomic E-state index is 8.65. The van der Waals surface area contributed by atoms with Crippen molar-refractivity contribution in [1.29, 1.82) is 0 Å². The van der Waals surface area contributed by atoms with E-state index in [9.17, 15) is 0 Å². The zero-order chi connectivity index (χ0) is 11.2. The molecular formula is C13H18O2S. The first-order valence-electron chi connectivity index (χ1n) is 5.81. The van der Waals surface area contributed by atoms with Crippen molar-refractivity contribution >= 4 is 11.8 Å². The molecule has 3 heteroatoms. The van der Waals surface area contributed by atoms with Crippen LogP contribution in [0.4, 0.5) is 0 Å². The van der Waals surface area contributed by atoms with Gasteiger partial charge in [0.2, 0.25) is 0 Å². The first-order chi connectivity index (χ1) is 7.90. The van der Waals surface area contributed by atoms with Gasteiger partial charge in [-0.25, -0.2) is 0 Å². The molecule has 0 spiro atoms. The Morgan fingerprint density at radius 3 is 2.75 bits per heavy atom. The summed E-state index contributed by atoms with van der Waals surface area (Å²) in [5.74, 6) is 4.18. The zero-order valence-corrected chi connectivity index (χ0v) is 10.2. The van der Waals surface area contributed by atoms with Gasteiger partial charge in [0.25, 0.3) is 0 Å². The fourth-order valence-electron chi connectivity index (χ4n) is 1.89. The molecule has 1 N–H and O–H groups in total. The highest BCUT2D eigenvalue weighted by atomic mass is 32.2. The Bertz CT molecular complexity index is 304. The highest BCUT2D eigenvalue weighted by molar-refractivity contribution is 7.99. The Hall–Kier alpha value is -0.670. The standard InChI is InChI=1S/C13H18O2S/c14-7-1-8-15-13-4-2-11(3-5-13)12-6-9-16-10-12/h2-5,12,14H,1,6-10H2. The number of hydrogen-bond donors (Lipinski definition) is 1. The zero-order valence-electron chi connectivity index (χ0n) is 9.39. The van der Waals surface area contributed by atoms with Crippen LogP contribution in [0.1, 0.15) is 24.3 Å². The maximum atomic E-state index is 8.65. The highest BCUT2D eigenvalue weighted by Gasteiger charge is 2.16. The van der Waals surface area contributed by atoms with Gasteiger partial charge < -0.3 is 9.84 Å². The third kappa shape index (κ3) is 3.16. The summed E-state index contributed by atoms with van der Waals surface area (Å²) >= 11 is 2.04. The van der Waals surface area contributed by atoms with Crippen LogP contribution >= 0.6 is 11.8 Å². The summed E-state index contributed by atoms with van der Waals surface area (Å²) < 4.78 is 5.50. The van der Waals surface area contributed by atoms with E-state index in [0.29, 0.717) is 13.0 Å². The second kappa shape index (κ2) is 6.16. The van der Waals surface area contributed by atoms with Gasteiger partial charge in [0.15, 0.2) is 0 Å². The van der Waals surface area contributed by atoms with Crippen LogP contribution < -0.4 is 4.74 Å². The summed E-state index contributed by atoms with van der Waals surface area (Å²) in [6.07, 6.45) is 2.00. The van der Waals surface area contributed by atoms with Gasteiger partial charge in [-0.15, -0.1) is 0 Å². The lowest BCUT2D eigenvalue weighted by Gasteiger charge is -2.10. The van der Waals surface area contributed by atoms with Crippen LogP contribution in [0, 0.1) is 0 Å². The molecule has 16 heavy (non-hydrogen) atoms. The third-order valence-corrected chi connectivity index (χ3v) is 4.01. The molecule has 0 amide bonds. The summed E-state index contributed by atoms with van der Waals surface area (Å²) in [7, 11) is 0. The number of benzene rings is 1. The predicted molar refractivity (Wildman–Crippen MR) is 68.3 cm³/mol. The van der Waals surface area contributed by atoms with Gasteiger partial charge in [0.05, 0.1) is 6.61 Å². The summed E-state index contributed by atoms with van der Waals surface area (Å²) in [6, 6.07) is 8.42. The first-order valence-corrected chi connectivity index (χ1v) is 6.97. The minimum Gasteiger partial charge on any atom is -0.494 e. The van der Waals surface area contributed by atoms with Crippen LogP contribution in [0.3, 0.4) is 0 Å². The van der Waals surface area contributed by atoms with E-state index < -0.39 is 0 Å². The maximum Gasteiger partial charge on any atom is 0.119 e. The van der Waals surface area contributed by atoms with Crippen molar-refractivity contribution in [2.45, 2.75) is 18.8 Å². The molecule has 1 saturated heterocycles. The summed E-state index contributed by atoms with van der Waals surface area (Å²) in [5.41, 5.74) is 1.43. The van der Waals surface area contributed by atoms with Gasteiger partial charge in [0.1, 0.15) is 5.75 Å². The van der Waals surface area contributed by atoms with Gasteiger partial charge in [-0.05, 0) is 35.8 Å². The van der Waals surface area contributed by atoms with Gasteiger partial charge in [-0.3, -0.25) is 0 Å². The van der Waals surface area contributed by atoms with Crippen molar-refractivity contribution in [2.24, 2.45) is 0 Å². The van der Waals surface area contributed by atoms with E-state index in [1.54, 1.807) is 0 Å². The second-order valence-electron chi connectivity index (χ2n) is 4.06. The van der Waals surface area contributed by atoms with Gasteiger partial charge in [-0.1, -0.05) is 12.1 Å². The molecule has 1 heterocycles. The van der Waals surface area contributed by atoms with Crippen LogP contribution in [0.2, 0.25) is 0 Å². The molecular weight excluding hydrogens is 220 g/mol. The summed E-state index contributed by atoms with van der Waals surface area (Å²) in [6.45, 7) is 0.784. The Morgan fingerprint density at radius 2 is 2.12 bits per heavy atom. The third-order valence-electron chi connectivity index (χ3n) is 2.85.